The monoisotopic (exact) mass is 229 g/mol. The van der Waals surface area contributed by atoms with Gasteiger partial charge in [0.2, 0.25) is 0 Å². The van der Waals surface area contributed by atoms with Crippen LogP contribution in [0.2, 0.25) is 0 Å². The highest BCUT2D eigenvalue weighted by molar-refractivity contribution is 7.10. The van der Waals surface area contributed by atoms with E-state index in [2.05, 4.69) is 35.4 Å². The third-order valence-electron chi connectivity index (χ3n) is 2.31. The lowest BCUT2D eigenvalue weighted by atomic mass is 10.2. The van der Waals surface area contributed by atoms with Crippen LogP contribution in [0.25, 0.3) is 0 Å². The largest absolute Gasteiger partial charge is 0.294 e. The van der Waals surface area contributed by atoms with E-state index in [-0.39, 0.29) is 12.4 Å². The molecule has 14 heavy (non-hydrogen) atoms. The van der Waals surface area contributed by atoms with Crippen molar-refractivity contribution in [3.05, 3.63) is 34.0 Å². The fraction of sp³-hybridized carbons (Fsp3) is 0.455. The first-order chi connectivity index (χ1) is 6.34. The number of hydrogen-bond donors (Lipinski definition) is 0. The zero-order valence-electron chi connectivity index (χ0n) is 8.40. The molecule has 0 fully saturated rings. The van der Waals surface area contributed by atoms with Gasteiger partial charge in [0.15, 0.2) is 0 Å². The van der Waals surface area contributed by atoms with E-state index in [1.165, 1.54) is 23.4 Å². The Morgan fingerprint density at radius 1 is 1.43 bits per heavy atom. The standard InChI is InChI=1S/C11H15NS.ClH/c1-10-7-11(13-9-10)8-12-5-3-2-4-6-12;/h2-3,7,9H,4-6,8H2,1H3;1H. The molecule has 1 aliphatic heterocycles. The quantitative estimate of drug-likeness (QED) is 0.704. The topological polar surface area (TPSA) is 3.24 Å². The van der Waals surface area contributed by atoms with Gasteiger partial charge < -0.3 is 0 Å². The molecule has 0 bridgehead atoms. The predicted octanol–water partition coefficient (Wildman–Crippen LogP) is 3.24. The van der Waals surface area contributed by atoms with Crippen molar-refractivity contribution in [2.45, 2.75) is 19.9 Å². The Balaban J connectivity index is 0.000000980. The summed E-state index contributed by atoms with van der Waals surface area (Å²) in [7, 11) is 0. The molecule has 1 nitrogen and oxygen atoms in total. The van der Waals surface area contributed by atoms with Gasteiger partial charge in [-0.15, -0.1) is 23.7 Å². The number of nitrogens with zero attached hydrogens (tertiary/aromatic N) is 1. The van der Waals surface area contributed by atoms with Crippen LogP contribution in [0.3, 0.4) is 0 Å². The minimum Gasteiger partial charge on any atom is -0.294 e. The molecular formula is C11H16ClNS. The molecule has 0 aromatic carbocycles. The van der Waals surface area contributed by atoms with Crippen LogP contribution >= 0.6 is 23.7 Å². The highest BCUT2D eigenvalue weighted by Gasteiger charge is 2.07. The van der Waals surface area contributed by atoms with Gasteiger partial charge in [-0.25, -0.2) is 0 Å². The third kappa shape index (κ3) is 3.12. The molecule has 0 aliphatic carbocycles. The van der Waals surface area contributed by atoms with E-state index in [4.69, 9.17) is 0 Å². The first kappa shape index (κ1) is 11.8. The van der Waals surface area contributed by atoms with Crippen LogP contribution in [0.15, 0.2) is 23.6 Å². The van der Waals surface area contributed by atoms with Gasteiger partial charge in [0.25, 0.3) is 0 Å². The van der Waals surface area contributed by atoms with Crippen molar-refractivity contribution in [1.82, 2.24) is 4.90 Å². The fourth-order valence-electron chi connectivity index (χ4n) is 1.63. The molecule has 78 valence electrons. The predicted molar refractivity (Wildman–Crippen MR) is 65.3 cm³/mol. The van der Waals surface area contributed by atoms with E-state index in [9.17, 15) is 0 Å². The number of rotatable bonds is 2. The van der Waals surface area contributed by atoms with Gasteiger partial charge in [-0.2, -0.15) is 0 Å². The molecule has 0 radical (unpaired) electrons. The fourth-order valence-corrected chi connectivity index (χ4v) is 2.54. The summed E-state index contributed by atoms with van der Waals surface area (Å²) in [5.41, 5.74) is 1.40. The van der Waals surface area contributed by atoms with Crippen molar-refractivity contribution in [3.8, 4) is 0 Å². The van der Waals surface area contributed by atoms with Crippen LogP contribution in [0.4, 0.5) is 0 Å². The zero-order valence-corrected chi connectivity index (χ0v) is 10.0. The van der Waals surface area contributed by atoms with Crippen LogP contribution in [-0.4, -0.2) is 18.0 Å². The minimum atomic E-state index is 0. The van der Waals surface area contributed by atoms with Crippen LogP contribution < -0.4 is 0 Å². The maximum absolute atomic E-state index is 2.49. The van der Waals surface area contributed by atoms with Crippen molar-refractivity contribution in [2.75, 3.05) is 13.1 Å². The molecule has 0 amide bonds. The Labute approximate surface area is 95.8 Å². The number of aryl methyl sites for hydroxylation is 1. The van der Waals surface area contributed by atoms with E-state index >= 15 is 0 Å². The summed E-state index contributed by atoms with van der Waals surface area (Å²) >= 11 is 1.88. The molecule has 2 heterocycles. The molecule has 0 atom stereocenters. The van der Waals surface area contributed by atoms with Gasteiger partial charge in [0, 0.05) is 24.5 Å². The summed E-state index contributed by atoms with van der Waals surface area (Å²) in [6.45, 7) is 5.63. The van der Waals surface area contributed by atoms with Gasteiger partial charge in [-0.1, -0.05) is 12.2 Å². The number of thiophene rings is 1. The normalized spacial score (nSPS) is 16.6. The second-order valence-electron chi connectivity index (χ2n) is 3.59. The Bertz CT molecular complexity index is 306. The first-order valence-corrected chi connectivity index (χ1v) is 5.64. The lowest BCUT2D eigenvalue weighted by molar-refractivity contribution is 0.293. The zero-order chi connectivity index (χ0) is 9.10. The van der Waals surface area contributed by atoms with Gasteiger partial charge >= 0.3 is 0 Å². The minimum absolute atomic E-state index is 0. The highest BCUT2D eigenvalue weighted by Crippen LogP contribution is 2.16. The van der Waals surface area contributed by atoms with Crippen LogP contribution in [-0.2, 0) is 6.54 Å². The van der Waals surface area contributed by atoms with Crippen LogP contribution in [0.5, 0.6) is 0 Å². The first-order valence-electron chi connectivity index (χ1n) is 4.76. The van der Waals surface area contributed by atoms with Gasteiger partial charge in [-0.3, -0.25) is 4.90 Å². The van der Waals surface area contributed by atoms with Crippen molar-refractivity contribution < 1.29 is 0 Å². The van der Waals surface area contributed by atoms with Gasteiger partial charge in [0.1, 0.15) is 0 Å². The summed E-state index contributed by atoms with van der Waals surface area (Å²) in [4.78, 5) is 3.98. The van der Waals surface area contributed by atoms with Gasteiger partial charge in [-0.05, 0) is 30.4 Å². The molecular weight excluding hydrogens is 214 g/mol. The van der Waals surface area contributed by atoms with Crippen molar-refractivity contribution in [2.24, 2.45) is 0 Å². The second kappa shape index (κ2) is 5.54. The molecule has 0 N–H and O–H groups in total. The third-order valence-corrected chi connectivity index (χ3v) is 3.35. The van der Waals surface area contributed by atoms with E-state index in [0.717, 1.165) is 13.1 Å². The Hall–Kier alpha value is -0.310. The van der Waals surface area contributed by atoms with Crippen LogP contribution in [0, 0.1) is 6.92 Å². The summed E-state index contributed by atoms with van der Waals surface area (Å²) in [6.07, 6.45) is 5.75. The maximum atomic E-state index is 2.49. The molecule has 1 aromatic rings. The summed E-state index contributed by atoms with van der Waals surface area (Å²) in [6, 6.07) is 2.29. The molecule has 1 aliphatic rings. The molecule has 0 saturated carbocycles. The molecule has 3 heteroatoms. The van der Waals surface area contributed by atoms with E-state index in [0.29, 0.717) is 0 Å². The van der Waals surface area contributed by atoms with E-state index < -0.39 is 0 Å². The summed E-state index contributed by atoms with van der Waals surface area (Å²) in [5, 5.41) is 2.23. The van der Waals surface area contributed by atoms with Gasteiger partial charge in [0.05, 0.1) is 0 Å². The maximum Gasteiger partial charge on any atom is 0.0331 e. The van der Waals surface area contributed by atoms with Crippen molar-refractivity contribution >= 4 is 23.7 Å². The number of hydrogen-bond acceptors (Lipinski definition) is 2. The molecule has 2 rings (SSSR count). The Kier molecular flexibility index (Phi) is 4.66. The summed E-state index contributed by atoms with van der Waals surface area (Å²) < 4.78 is 0. The number of halogens is 1. The average Bonchev–Trinajstić information content (AvgIpc) is 2.53. The van der Waals surface area contributed by atoms with Crippen LogP contribution in [0.1, 0.15) is 16.9 Å². The molecule has 1 aromatic heterocycles. The second-order valence-corrected chi connectivity index (χ2v) is 4.58. The highest BCUT2D eigenvalue weighted by atomic mass is 35.5. The molecule has 0 spiro atoms. The Morgan fingerprint density at radius 2 is 2.29 bits per heavy atom. The van der Waals surface area contributed by atoms with Crippen molar-refractivity contribution in [3.63, 3.8) is 0 Å². The van der Waals surface area contributed by atoms with E-state index in [1.807, 2.05) is 11.3 Å². The smallest absolute Gasteiger partial charge is 0.0331 e. The summed E-state index contributed by atoms with van der Waals surface area (Å²) in [5.74, 6) is 0. The SMILES string of the molecule is Cc1csc(CN2CC=CCC2)c1.Cl. The lowest BCUT2D eigenvalue weighted by Gasteiger charge is -2.21. The molecule has 0 saturated heterocycles. The molecule has 0 unspecified atom stereocenters. The lowest BCUT2D eigenvalue weighted by Crippen LogP contribution is -2.26. The average molecular weight is 230 g/mol. The Morgan fingerprint density at radius 3 is 2.86 bits per heavy atom. The van der Waals surface area contributed by atoms with E-state index in [1.54, 1.807) is 0 Å². The van der Waals surface area contributed by atoms with Crippen molar-refractivity contribution in [1.29, 1.82) is 0 Å².